The lowest BCUT2D eigenvalue weighted by Gasteiger charge is -2.36. The van der Waals surface area contributed by atoms with Crippen LogP contribution in [0.5, 0.6) is 11.5 Å². The molecule has 106 valence electrons. The fraction of sp³-hybridized carbons (Fsp3) is 0.400. The molecule has 1 fully saturated rings. The number of rotatable bonds is 1. The van der Waals surface area contributed by atoms with Crippen LogP contribution < -0.4 is 0 Å². The molecule has 1 aliphatic heterocycles. The van der Waals surface area contributed by atoms with Gasteiger partial charge in [-0.3, -0.25) is 4.79 Å². The summed E-state index contributed by atoms with van der Waals surface area (Å²) in [6.45, 7) is 0. The summed E-state index contributed by atoms with van der Waals surface area (Å²) in [5.74, 6) is -0.557. The topological polar surface area (TPSA) is 87.0 Å². The van der Waals surface area contributed by atoms with E-state index >= 15 is 0 Å². The molecule has 0 radical (unpaired) electrons. The first-order chi connectivity index (χ1) is 9.56. The number of phenols is 2. The Labute approximate surface area is 116 Å². The maximum atomic E-state index is 12.5. The maximum absolute atomic E-state index is 12.5. The molecule has 0 amide bonds. The molecule has 1 aromatic carbocycles. The van der Waals surface area contributed by atoms with Crippen molar-refractivity contribution in [2.75, 3.05) is 0 Å². The Morgan fingerprint density at radius 3 is 2.75 bits per heavy atom. The first-order valence-electron chi connectivity index (χ1n) is 6.66. The number of hydrogen-bond donors (Lipinski definition) is 3. The second-order valence-corrected chi connectivity index (χ2v) is 5.35. The molecule has 0 saturated heterocycles. The third kappa shape index (κ3) is 2.14. The predicted molar refractivity (Wildman–Crippen MR) is 71.0 cm³/mol. The molecule has 3 N–H and O–H groups in total. The largest absolute Gasteiger partial charge is 0.508 e. The summed E-state index contributed by atoms with van der Waals surface area (Å²) >= 11 is 0. The van der Waals surface area contributed by atoms with Crippen molar-refractivity contribution in [1.82, 2.24) is 0 Å². The number of aromatic hydroxyl groups is 2. The highest BCUT2D eigenvalue weighted by molar-refractivity contribution is 6.22. The van der Waals surface area contributed by atoms with E-state index in [9.17, 15) is 20.1 Å². The average molecular weight is 276 g/mol. The summed E-state index contributed by atoms with van der Waals surface area (Å²) in [4.78, 5) is 12.5. The van der Waals surface area contributed by atoms with Crippen LogP contribution in [0.3, 0.4) is 0 Å². The molecule has 3 rings (SSSR count). The Morgan fingerprint density at radius 2 is 2.00 bits per heavy atom. The normalized spacial score (nSPS) is 29.4. The van der Waals surface area contributed by atoms with Crippen LogP contribution in [0.2, 0.25) is 0 Å². The first kappa shape index (κ1) is 13.0. The zero-order valence-corrected chi connectivity index (χ0v) is 10.8. The molecular formula is C15H16O5. The zero-order chi connectivity index (χ0) is 14.3. The molecular weight excluding hydrogens is 260 g/mol. The van der Waals surface area contributed by atoms with Crippen molar-refractivity contribution in [3.05, 3.63) is 30.0 Å². The lowest BCUT2D eigenvalue weighted by atomic mass is 9.78. The number of ketones is 1. The minimum atomic E-state index is -0.416. The number of aliphatic hydroxyl groups excluding tert-OH is 1. The van der Waals surface area contributed by atoms with E-state index < -0.39 is 6.10 Å². The van der Waals surface area contributed by atoms with Gasteiger partial charge in [0, 0.05) is 18.1 Å². The van der Waals surface area contributed by atoms with Crippen LogP contribution in [0.15, 0.2) is 24.5 Å². The summed E-state index contributed by atoms with van der Waals surface area (Å²) in [6, 6.07) is 4.11. The summed E-state index contributed by atoms with van der Waals surface area (Å²) < 4.78 is 5.56. The van der Waals surface area contributed by atoms with Crippen molar-refractivity contribution in [3.8, 4) is 11.5 Å². The van der Waals surface area contributed by atoms with Gasteiger partial charge in [-0.15, -0.1) is 0 Å². The van der Waals surface area contributed by atoms with Crippen LogP contribution in [-0.4, -0.2) is 33.3 Å². The number of carbonyl (C=O) groups is 1. The van der Waals surface area contributed by atoms with Crippen molar-refractivity contribution < 1.29 is 24.9 Å². The Balaban J connectivity index is 1.93. The smallest absolute Gasteiger partial charge is 0.173 e. The first-order valence-corrected chi connectivity index (χ1v) is 6.66. The van der Waals surface area contributed by atoms with E-state index in [1.54, 1.807) is 0 Å². The number of fused-ring (bicyclic) bond motifs is 1. The molecule has 5 nitrogen and oxygen atoms in total. The third-order valence-electron chi connectivity index (χ3n) is 4.00. The predicted octanol–water partition coefficient (Wildman–Crippen LogP) is 1.57. The van der Waals surface area contributed by atoms with Crippen LogP contribution in [-0.2, 0) is 9.53 Å². The van der Waals surface area contributed by atoms with Gasteiger partial charge in [0.2, 0.25) is 0 Å². The molecule has 3 atom stereocenters. The van der Waals surface area contributed by atoms with Gasteiger partial charge in [0.25, 0.3) is 0 Å². The maximum Gasteiger partial charge on any atom is 0.173 e. The number of allylic oxidation sites excluding steroid dienone is 1. The number of ether oxygens (including phenoxy) is 1. The number of Topliss-reactive ketones (excluding diaryl/α,β-unsaturated/α-hetero) is 1. The van der Waals surface area contributed by atoms with Crippen LogP contribution >= 0.6 is 0 Å². The number of carbonyl (C=O) groups excluding carboxylic acids is 1. The minimum Gasteiger partial charge on any atom is -0.508 e. The quantitative estimate of drug-likeness (QED) is 0.724. The highest BCUT2D eigenvalue weighted by Gasteiger charge is 2.40. The van der Waals surface area contributed by atoms with Gasteiger partial charge in [0.15, 0.2) is 5.78 Å². The highest BCUT2D eigenvalue weighted by atomic mass is 16.5. The minimum absolute atomic E-state index is 0.0605. The van der Waals surface area contributed by atoms with Gasteiger partial charge in [-0.2, -0.15) is 0 Å². The van der Waals surface area contributed by atoms with E-state index in [0.717, 1.165) is 0 Å². The SMILES string of the molecule is O=C1C(c2ccc(O)cc2O)=COC2CC(O)CCC12. The fourth-order valence-corrected chi connectivity index (χ4v) is 2.92. The number of aliphatic hydroxyl groups is 1. The van der Waals surface area contributed by atoms with Gasteiger partial charge < -0.3 is 20.1 Å². The van der Waals surface area contributed by atoms with Gasteiger partial charge in [0.05, 0.1) is 23.9 Å². The fourth-order valence-electron chi connectivity index (χ4n) is 2.92. The lowest BCUT2D eigenvalue weighted by Crippen LogP contribution is -2.40. The van der Waals surface area contributed by atoms with E-state index in [2.05, 4.69) is 0 Å². The molecule has 20 heavy (non-hydrogen) atoms. The average Bonchev–Trinajstić information content (AvgIpc) is 2.40. The molecule has 1 saturated carbocycles. The van der Waals surface area contributed by atoms with Gasteiger partial charge in [0.1, 0.15) is 17.6 Å². The molecule has 1 aromatic rings. The van der Waals surface area contributed by atoms with Crippen molar-refractivity contribution in [3.63, 3.8) is 0 Å². The van der Waals surface area contributed by atoms with Crippen LogP contribution in [0.1, 0.15) is 24.8 Å². The van der Waals surface area contributed by atoms with E-state index in [1.165, 1.54) is 24.5 Å². The molecule has 0 aromatic heterocycles. The summed E-state index contributed by atoms with van der Waals surface area (Å²) in [6.07, 6.45) is 2.29. The van der Waals surface area contributed by atoms with Crippen molar-refractivity contribution in [2.24, 2.45) is 5.92 Å². The molecule has 2 aliphatic rings. The van der Waals surface area contributed by atoms with Gasteiger partial charge >= 0.3 is 0 Å². The summed E-state index contributed by atoms with van der Waals surface area (Å²) in [5, 5.41) is 28.8. The van der Waals surface area contributed by atoms with E-state index in [1.807, 2.05) is 0 Å². The van der Waals surface area contributed by atoms with Crippen LogP contribution in [0.4, 0.5) is 0 Å². The second-order valence-electron chi connectivity index (χ2n) is 5.35. The van der Waals surface area contributed by atoms with Gasteiger partial charge in [-0.1, -0.05) is 0 Å². The molecule has 1 aliphatic carbocycles. The van der Waals surface area contributed by atoms with E-state index in [0.29, 0.717) is 30.4 Å². The molecule has 5 heteroatoms. The second kappa shape index (κ2) is 4.83. The monoisotopic (exact) mass is 276 g/mol. The number of hydrogen-bond acceptors (Lipinski definition) is 5. The van der Waals surface area contributed by atoms with Crippen LogP contribution in [0, 0.1) is 5.92 Å². The molecule has 0 bridgehead atoms. The Kier molecular flexibility index (Phi) is 3.14. The summed E-state index contributed by atoms with van der Waals surface area (Å²) in [7, 11) is 0. The van der Waals surface area contributed by atoms with Crippen LogP contribution in [0.25, 0.3) is 5.57 Å². The van der Waals surface area contributed by atoms with Gasteiger partial charge in [-0.25, -0.2) is 0 Å². The molecule has 3 unspecified atom stereocenters. The zero-order valence-electron chi connectivity index (χ0n) is 10.8. The van der Waals surface area contributed by atoms with Crippen molar-refractivity contribution in [2.45, 2.75) is 31.5 Å². The van der Waals surface area contributed by atoms with E-state index in [4.69, 9.17) is 4.74 Å². The van der Waals surface area contributed by atoms with Crippen molar-refractivity contribution in [1.29, 1.82) is 0 Å². The van der Waals surface area contributed by atoms with E-state index in [-0.39, 0.29) is 29.3 Å². The Morgan fingerprint density at radius 1 is 1.20 bits per heavy atom. The number of benzene rings is 1. The summed E-state index contributed by atoms with van der Waals surface area (Å²) in [5.41, 5.74) is 0.678. The molecule has 0 spiro atoms. The Hall–Kier alpha value is -2.01. The van der Waals surface area contributed by atoms with Crippen molar-refractivity contribution >= 4 is 11.4 Å². The third-order valence-corrected chi connectivity index (χ3v) is 4.00. The highest BCUT2D eigenvalue weighted by Crippen LogP contribution is 2.38. The van der Waals surface area contributed by atoms with Gasteiger partial charge in [-0.05, 0) is 25.0 Å². The molecule has 1 heterocycles. The number of phenolic OH excluding ortho intramolecular Hbond substituents is 2. The lowest BCUT2D eigenvalue weighted by molar-refractivity contribution is -0.126. The Bertz CT molecular complexity index is 578. The standard InChI is InChI=1S/C15H16O5/c16-8-1-3-10(13(18)5-8)12-7-20-14-6-9(17)2-4-11(14)15(12)19/h1,3,5,7,9,11,14,16-18H,2,4,6H2.